The molecule has 3 N–H and O–H groups in total. The Labute approximate surface area is 313 Å². The normalized spacial score (nSPS) is 39.9. The van der Waals surface area contributed by atoms with E-state index in [1.807, 2.05) is 12.1 Å². The van der Waals surface area contributed by atoms with Crippen molar-refractivity contribution in [1.82, 2.24) is 15.5 Å². The average molecular weight is 714 g/mol. The summed E-state index contributed by atoms with van der Waals surface area (Å²) in [6, 6.07) is 7.56. The second-order valence-corrected chi connectivity index (χ2v) is 20.0. The standard InChI is InChI=1S/C45H67N3O4/c1-29(2)32-16-21-45(47-39(51)46-28-40(3,4)48-24-26-52-27-25-48)23-22-43(8)34(37(32)45)14-15-36-42(7)19-17-33(30-10-12-31(13-11-30)38(49)50)41(5,6)35(42)18-20-44(36,43)9/h10-13,17,32,34-37H,1,14-16,18-28H2,2-9H3,(H,49,50)(H2,46,47,51). The number of benzene rings is 1. The third-order valence-electron chi connectivity index (χ3n) is 17.0. The number of rotatable bonds is 7. The highest BCUT2D eigenvalue weighted by Gasteiger charge is 2.70. The van der Waals surface area contributed by atoms with E-state index in [0.717, 1.165) is 64.0 Å². The quantitative estimate of drug-likeness (QED) is 0.245. The zero-order valence-corrected chi connectivity index (χ0v) is 33.5. The van der Waals surface area contributed by atoms with E-state index in [1.165, 1.54) is 36.8 Å². The first-order valence-corrected chi connectivity index (χ1v) is 20.5. The molecule has 1 aromatic carbocycles. The summed E-state index contributed by atoms with van der Waals surface area (Å²) in [6.07, 6.45) is 12.9. The van der Waals surface area contributed by atoms with Crippen LogP contribution in [-0.4, -0.2) is 65.9 Å². The van der Waals surface area contributed by atoms with Crippen molar-refractivity contribution in [1.29, 1.82) is 0 Å². The van der Waals surface area contributed by atoms with E-state index < -0.39 is 5.97 Å². The van der Waals surface area contributed by atoms with Gasteiger partial charge in [-0.3, -0.25) is 4.90 Å². The fourth-order valence-electron chi connectivity index (χ4n) is 14.1. The molecule has 0 spiro atoms. The van der Waals surface area contributed by atoms with Crippen LogP contribution in [0, 0.1) is 51.2 Å². The van der Waals surface area contributed by atoms with Gasteiger partial charge in [0.05, 0.1) is 18.8 Å². The predicted octanol–water partition coefficient (Wildman–Crippen LogP) is 9.20. The molecule has 7 heteroatoms. The molecule has 7 nitrogen and oxygen atoms in total. The molecule has 52 heavy (non-hydrogen) atoms. The van der Waals surface area contributed by atoms with Gasteiger partial charge in [-0.2, -0.15) is 0 Å². The monoisotopic (exact) mass is 714 g/mol. The zero-order valence-electron chi connectivity index (χ0n) is 33.5. The summed E-state index contributed by atoms with van der Waals surface area (Å²) in [7, 11) is 0. The Balaban J connectivity index is 1.14. The first kappa shape index (κ1) is 37.7. The van der Waals surface area contributed by atoms with Crippen LogP contribution >= 0.6 is 0 Å². The molecule has 5 fully saturated rings. The highest BCUT2D eigenvalue weighted by atomic mass is 16.5. The third kappa shape index (κ3) is 5.72. The third-order valence-corrected chi connectivity index (χ3v) is 17.0. The van der Waals surface area contributed by atoms with Gasteiger partial charge in [-0.15, -0.1) is 0 Å². The van der Waals surface area contributed by atoms with Crippen molar-refractivity contribution in [3.05, 3.63) is 53.6 Å². The molecule has 4 saturated carbocycles. The number of hydrogen-bond donors (Lipinski definition) is 3. The summed E-state index contributed by atoms with van der Waals surface area (Å²) < 4.78 is 5.59. The van der Waals surface area contributed by atoms with Crippen molar-refractivity contribution in [2.24, 2.45) is 51.2 Å². The number of morpholine rings is 1. The number of carbonyl (C=O) groups excluding carboxylic acids is 1. The van der Waals surface area contributed by atoms with Crippen LogP contribution < -0.4 is 10.6 Å². The van der Waals surface area contributed by atoms with Crippen LogP contribution in [0.25, 0.3) is 5.57 Å². The summed E-state index contributed by atoms with van der Waals surface area (Å²) in [5, 5.41) is 16.5. The number of aromatic carboxylic acids is 1. The van der Waals surface area contributed by atoms with E-state index >= 15 is 0 Å². The van der Waals surface area contributed by atoms with Gasteiger partial charge in [-0.05, 0) is 153 Å². The van der Waals surface area contributed by atoms with Gasteiger partial charge in [0.15, 0.2) is 0 Å². The number of nitrogens with zero attached hydrogens (tertiary/aromatic N) is 1. The Morgan fingerprint density at radius 1 is 0.923 bits per heavy atom. The van der Waals surface area contributed by atoms with Gasteiger partial charge < -0.3 is 20.5 Å². The van der Waals surface area contributed by atoms with Crippen molar-refractivity contribution in [3.8, 4) is 0 Å². The van der Waals surface area contributed by atoms with Gasteiger partial charge in [0.1, 0.15) is 0 Å². The topological polar surface area (TPSA) is 90.9 Å². The second kappa shape index (κ2) is 13.0. The van der Waals surface area contributed by atoms with Crippen molar-refractivity contribution in [2.75, 3.05) is 32.8 Å². The van der Waals surface area contributed by atoms with Crippen LogP contribution in [0.3, 0.4) is 0 Å². The van der Waals surface area contributed by atoms with Gasteiger partial charge in [-0.1, -0.05) is 65.0 Å². The number of carboxylic acids is 1. The lowest BCUT2D eigenvalue weighted by atomic mass is 9.33. The molecule has 1 saturated heterocycles. The van der Waals surface area contributed by atoms with E-state index in [2.05, 4.69) is 83.6 Å². The van der Waals surface area contributed by atoms with Crippen LogP contribution in [0.2, 0.25) is 0 Å². The minimum absolute atomic E-state index is 0.00477. The lowest BCUT2D eigenvalue weighted by molar-refractivity contribution is -0.218. The number of carbonyl (C=O) groups is 2. The highest BCUT2D eigenvalue weighted by molar-refractivity contribution is 5.88. The Morgan fingerprint density at radius 2 is 1.62 bits per heavy atom. The van der Waals surface area contributed by atoms with Gasteiger partial charge in [0, 0.05) is 30.7 Å². The first-order chi connectivity index (χ1) is 24.4. The van der Waals surface area contributed by atoms with E-state index in [-0.39, 0.29) is 38.8 Å². The number of carboxylic acid groups (broad SMARTS) is 1. The molecular weight excluding hydrogens is 647 g/mol. The van der Waals surface area contributed by atoms with Crippen LogP contribution in [0.15, 0.2) is 42.5 Å². The van der Waals surface area contributed by atoms with Gasteiger partial charge in [0.25, 0.3) is 0 Å². The average Bonchev–Trinajstić information content (AvgIpc) is 3.47. The fraction of sp³-hybridized carbons (Fsp3) is 0.733. The summed E-state index contributed by atoms with van der Waals surface area (Å²) in [4.78, 5) is 27.9. The molecule has 5 aliphatic carbocycles. The zero-order chi connectivity index (χ0) is 37.5. The van der Waals surface area contributed by atoms with E-state index in [4.69, 9.17) is 4.74 Å². The molecule has 286 valence electrons. The molecule has 1 heterocycles. The van der Waals surface area contributed by atoms with Crippen molar-refractivity contribution in [3.63, 3.8) is 0 Å². The number of fused-ring (bicyclic) bond motifs is 7. The minimum atomic E-state index is -0.874. The lowest BCUT2D eigenvalue weighted by Crippen LogP contribution is -2.69. The second-order valence-electron chi connectivity index (χ2n) is 20.0. The van der Waals surface area contributed by atoms with Crippen LogP contribution in [0.1, 0.15) is 129 Å². The number of nitrogens with one attached hydrogen (secondary N) is 2. The molecule has 0 bridgehead atoms. The first-order valence-electron chi connectivity index (χ1n) is 20.5. The number of urea groups is 1. The molecule has 9 unspecified atom stereocenters. The lowest BCUT2D eigenvalue weighted by Gasteiger charge is -2.72. The van der Waals surface area contributed by atoms with E-state index in [1.54, 1.807) is 12.1 Å². The molecule has 1 aromatic rings. The number of ether oxygens (including phenoxy) is 1. The van der Waals surface area contributed by atoms with Gasteiger partial charge in [-0.25, -0.2) is 9.59 Å². The largest absolute Gasteiger partial charge is 0.478 e. The van der Waals surface area contributed by atoms with Crippen molar-refractivity contribution < 1.29 is 19.4 Å². The van der Waals surface area contributed by atoms with E-state index in [9.17, 15) is 14.7 Å². The molecule has 6 aliphatic rings. The molecule has 0 radical (unpaired) electrons. The maximum atomic E-state index is 13.9. The Kier molecular flexibility index (Phi) is 9.41. The summed E-state index contributed by atoms with van der Waals surface area (Å²) in [5.74, 6) is 1.71. The fourth-order valence-corrected chi connectivity index (χ4v) is 14.1. The molecule has 7 rings (SSSR count). The molecule has 0 aromatic heterocycles. The van der Waals surface area contributed by atoms with Crippen LogP contribution in [0.5, 0.6) is 0 Å². The number of hydrogen-bond acceptors (Lipinski definition) is 4. The minimum Gasteiger partial charge on any atom is -0.478 e. The molecule has 2 amide bonds. The SMILES string of the molecule is C=C(C)C1CCC2(NC(=O)NCC(C)(C)N3CCOCC3)CCC3(C)C(CCC4C5(C)CC=C(c6ccc(C(=O)O)cc6)C(C)(C)C5CCC43C)C12. The number of amides is 2. The Bertz CT molecular complexity index is 1610. The molecule has 9 atom stereocenters. The molecular formula is C45H67N3O4. The Morgan fingerprint density at radius 3 is 2.27 bits per heavy atom. The maximum absolute atomic E-state index is 13.9. The summed E-state index contributed by atoms with van der Waals surface area (Å²) in [6.45, 7) is 28.0. The predicted molar refractivity (Wildman–Crippen MR) is 209 cm³/mol. The maximum Gasteiger partial charge on any atom is 0.335 e. The van der Waals surface area contributed by atoms with Crippen LogP contribution in [0.4, 0.5) is 4.79 Å². The van der Waals surface area contributed by atoms with Gasteiger partial charge in [0.2, 0.25) is 0 Å². The van der Waals surface area contributed by atoms with Crippen LogP contribution in [-0.2, 0) is 4.74 Å². The van der Waals surface area contributed by atoms with Crippen molar-refractivity contribution in [2.45, 2.75) is 124 Å². The summed E-state index contributed by atoms with van der Waals surface area (Å²) in [5.41, 5.74) is 4.44. The highest BCUT2D eigenvalue weighted by Crippen LogP contribution is 2.76. The van der Waals surface area contributed by atoms with Gasteiger partial charge >= 0.3 is 12.0 Å². The van der Waals surface area contributed by atoms with Crippen molar-refractivity contribution >= 4 is 17.6 Å². The number of allylic oxidation sites excluding steroid dienone is 3. The van der Waals surface area contributed by atoms with E-state index in [0.29, 0.717) is 41.7 Å². The smallest absolute Gasteiger partial charge is 0.335 e. The Hall–Kier alpha value is -2.64. The molecule has 1 aliphatic heterocycles. The summed E-state index contributed by atoms with van der Waals surface area (Å²) >= 11 is 0.